The van der Waals surface area contributed by atoms with E-state index in [1.807, 2.05) is 0 Å². The number of amides is 7. The van der Waals surface area contributed by atoms with Crippen molar-refractivity contribution in [1.82, 2.24) is 31.9 Å². The maximum Gasteiger partial charge on any atom is 0.312 e. The highest BCUT2D eigenvalue weighted by Crippen LogP contribution is 2.13. The van der Waals surface area contributed by atoms with Gasteiger partial charge >= 0.3 is 6.03 Å². The number of aliphatic hydroxyl groups is 6. The second-order valence-electron chi connectivity index (χ2n) is 19.7. The van der Waals surface area contributed by atoms with Crippen molar-refractivity contribution in [2.24, 2.45) is 11.7 Å². The highest BCUT2D eigenvalue weighted by molar-refractivity contribution is 5.99. The number of anilines is 1. The highest BCUT2D eigenvalue weighted by atomic mass is 16.6. The lowest BCUT2D eigenvalue weighted by molar-refractivity contribution is -0.133. The Morgan fingerprint density at radius 1 is 0.477 bits per heavy atom. The van der Waals surface area contributed by atoms with Gasteiger partial charge in [-0.05, 0) is 43.5 Å². The summed E-state index contributed by atoms with van der Waals surface area (Å²) in [4.78, 5) is 75.9. The molecule has 0 saturated carbocycles. The van der Waals surface area contributed by atoms with Crippen LogP contribution in [0.1, 0.15) is 45.1 Å². The summed E-state index contributed by atoms with van der Waals surface area (Å²) in [6, 6.07) is 2.71. The lowest BCUT2D eigenvalue weighted by atomic mass is 10.0. The first-order valence-electron chi connectivity index (χ1n) is 29.7. The van der Waals surface area contributed by atoms with Crippen molar-refractivity contribution in [3.8, 4) is 0 Å². The van der Waals surface area contributed by atoms with Crippen LogP contribution in [0, 0.1) is 5.92 Å². The van der Waals surface area contributed by atoms with Crippen LogP contribution < -0.4 is 43.0 Å². The number of hydrogen-bond donors (Lipinski definition) is 14. The molecule has 7 atom stereocenters. The molecule has 0 saturated heterocycles. The number of benzene rings is 1. The highest BCUT2D eigenvalue weighted by Gasteiger charge is 2.32. The molecule has 88 heavy (non-hydrogen) atoms. The van der Waals surface area contributed by atoms with E-state index in [0.29, 0.717) is 150 Å². The van der Waals surface area contributed by atoms with Gasteiger partial charge in [-0.15, -0.1) is 0 Å². The average molecular weight is 1270 g/mol. The molecule has 0 radical (unpaired) electrons. The van der Waals surface area contributed by atoms with Gasteiger partial charge in [0.2, 0.25) is 29.5 Å². The number of primary amides is 1. The van der Waals surface area contributed by atoms with Gasteiger partial charge in [-0.3, -0.25) is 24.0 Å². The smallest absolute Gasteiger partial charge is 0.312 e. The fourth-order valence-corrected chi connectivity index (χ4v) is 7.28. The van der Waals surface area contributed by atoms with Gasteiger partial charge in [0, 0.05) is 31.7 Å². The van der Waals surface area contributed by atoms with Crippen LogP contribution in [0.2, 0.25) is 0 Å². The molecule has 32 heteroatoms. The number of aliphatic hydroxyl groups excluding tert-OH is 6. The number of nitrogens with one attached hydrogen (secondary N) is 7. The Kier molecular flexibility index (Phi) is 50.7. The molecule has 15 N–H and O–H groups in total. The molecule has 32 nitrogen and oxygen atoms in total. The van der Waals surface area contributed by atoms with Gasteiger partial charge in [0.05, 0.1) is 190 Å². The van der Waals surface area contributed by atoms with Crippen molar-refractivity contribution in [2.45, 2.75) is 88.7 Å². The number of carbonyl (C=O) groups excluding carboxylic acids is 6. The van der Waals surface area contributed by atoms with E-state index in [9.17, 15) is 54.3 Å². The number of urea groups is 1. The van der Waals surface area contributed by atoms with Crippen LogP contribution in [-0.2, 0) is 87.4 Å². The zero-order chi connectivity index (χ0) is 64.8. The third kappa shape index (κ3) is 43.7. The molecule has 0 aromatic heterocycles. The monoisotopic (exact) mass is 1270 g/mol. The van der Waals surface area contributed by atoms with Crippen molar-refractivity contribution in [3.05, 3.63) is 29.8 Å². The van der Waals surface area contributed by atoms with E-state index in [0.717, 1.165) is 0 Å². The van der Waals surface area contributed by atoms with Gasteiger partial charge in [0.25, 0.3) is 0 Å². The van der Waals surface area contributed by atoms with Crippen LogP contribution in [0.25, 0.3) is 0 Å². The Morgan fingerprint density at radius 2 is 0.898 bits per heavy atom. The topological polar surface area (TPSA) is 445 Å². The van der Waals surface area contributed by atoms with E-state index in [4.69, 9.17) is 67.7 Å². The van der Waals surface area contributed by atoms with Crippen molar-refractivity contribution in [2.75, 3.05) is 197 Å². The molecular formula is C56H102N8O24. The zero-order valence-electron chi connectivity index (χ0n) is 51.4. The van der Waals surface area contributed by atoms with Gasteiger partial charge in [-0.1, -0.05) is 26.0 Å². The Morgan fingerprint density at radius 3 is 1.30 bits per heavy atom. The fraction of sp³-hybridized carbons (Fsp3) is 0.786. The van der Waals surface area contributed by atoms with Crippen molar-refractivity contribution in [1.29, 1.82) is 0 Å². The van der Waals surface area contributed by atoms with E-state index in [-0.39, 0.29) is 71.9 Å². The molecule has 1 aromatic rings. The quantitative estimate of drug-likeness (QED) is 0.0273. The molecule has 1 aromatic carbocycles. The molecule has 510 valence electrons. The molecule has 0 bridgehead atoms. The fourth-order valence-electron chi connectivity index (χ4n) is 7.28. The minimum Gasteiger partial charge on any atom is -0.394 e. The average Bonchev–Trinajstić information content (AvgIpc) is 3.62. The van der Waals surface area contributed by atoms with Crippen LogP contribution in [-0.4, -0.2) is 301 Å². The van der Waals surface area contributed by atoms with Gasteiger partial charge < -0.3 is 130 Å². The minimum absolute atomic E-state index is 0.00161. The van der Waals surface area contributed by atoms with E-state index in [2.05, 4.69) is 37.2 Å². The Hall–Kier alpha value is -4.92. The number of nitrogens with two attached hydrogens (primary N) is 1. The van der Waals surface area contributed by atoms with Gasteiger partial charge in [-0.25, -0.2) is 4.79 Å². The second kappa shape index (κ2) is 55.0. The summed E-state index contributed by atoms with van der Waals surface area (Å²) in [6.07, 6.45) is -6.46. The first kappa shape index (κ1) is 81.1. The first-order valence-corrected chi connectivity index (χ1v) is 29.7. The number of likely N-dealkylation sites (N-methyl/N-ethyl adjacent to an activating group) is 1. The maximum atomic E-state index is 13.6. The summed E-state index contributed by atoms with van der Waals surface area (Å²) in [6.45, 7) is 11.2. The molecule has 0 spiro atoms. The number of ether oxygens (including phenoxy) is 12. The lowest BCUT2D eigenvalue weighted by Gasteiger charge is -2.27. The maximum absolute atomic E-state index is 13.6. The van der Waals surface area contributed by atoms with Crippen molar-refractivity contribution in [3.63, 3.8) is 0 Å². The van der Waals surface area contributed by atoms with Crippen molar-refractivity contribution >= 4 is 41.3 Å². The molecule has 0 heterocycles. The summed E-state index contributed by atoms with van der Waals surface area (Å²) < 4.78 is 65.7. The van der Waals surface area contributed by atoms with Crippen molar-refractivity contribution < 1.29 is 116 Å². The van der Waals surface area contributed by atoms with Gasteiger partial charge in [0.15, 0.2) is 0 Å². The minimum atomic E-state index is -1.77. The normalized spacial score (nSPS) is 13.9. The number of hydrogen-bond acceptors (Lipinski definition) is 25. The summed E-state index contributed by atoms with van der Waals surface area (Å²) in [5.41, 5.74) is 6.25. The number of carbonyl (C=O) groups is 6. The number of rotatable bonds is 60. The molecular weight excluding hydrogens is 1170 g/mol. The van der Waals surface area contributed by atoms with E-state index in [1.165, 1.54) is 7.05 Å². The molecule has 7 amide bonds. The third-order valence-corrected chi connectivity index (χ3v) is 12.3. The largest absolute Gasteiger partial charge is 0.394 e. The van der Waals surface area contributed by atoms with Crippen LogP contribution in [0.4, 0.5) is 10.5 Å². The second-order valence-corrected chi connectivity index (χ2v) is 19.7. The van der Waals surface area contributed by atoms with Crippen LogP contribution in [0.15, 0.2) is 24.3 Å². The van der Waals surface area contributed by atoms with E-state index in [1.54, 1.807) is 38.1 Å². The third-order valence-electron chi connectivity index (χ3n) is 12.3. The van der Waals surface area contributed by atoms with E-state index < -0.39 is 90.6 Å². The summed E-state index contributed by atoms with van der Waals surface area (Å²) in [5, 5.41) is 75.2. The molecule has 0 aliphatic heterocycles. The van der Waals surface area contributed by atoms with Gasteiger partial charge in [0.1, 0.15) is 30.4 Å². The summed E-state index contributed by atoms with van der Waals surface area (Å²) >= 11 is 0. The zero-order valence-corrected chi connectivity index (χ0v) is 51.4. The lowest BCUT2D eigenvalue weighted by Crippen LogP contribution is -2.57. The Balaban J connectivity index is 1.94. The predicted molar refractivity (Wildman–Crippen MR) is 316 cm³/mol. The molecule has 0 aliphatic rings. The molecule has 0 unspecified atom stereocenters. The summed E-state index contributed by atoms with van der Waals surface area (Å²) in [7, 11) is 1.52. The Labute approximate surface area is 515 Å². The molecule has 1 rings (SSSR count). The predicted octanol–water partition coefficient (Wildman–Crippen LogP) is -4.57. The first-order chi connectivity index (χ1) is 42.5. The molecule has 0 aliphatic carbocycles. The van der Waals surface area contributed by atoms with E-state index >= 15 is 0 Å². The Bertz CT molecular complexity index is 1940. The van der Waals surface area contributed by atoms with Crippen LogP contribution >= 0.6 is 0 Å². The standard InChI is InChI=1S/C56H102N8O24/c1-41(2)50(55(75)63-44(5-4-11-60-56(57)76)53(73)62-43-8-6-42(39-65)7-9-43)64-54(74)45(58-3)37-49(70)59-12-14-78-16-18-80-20-22-82-24-26-84-28-30-86-32-34-88-36-35-87-33-31-85-29-27-83-25-23-81-21-19-79-17-15-77-13-10-48(69)61-38-46(67)51(71)52(72)47(68)40-66/h6-9,41,44-47,50-52,58,65-68,71-72H,4-5,10-40H2,1-3H3,(H,59,70)(H,61,69)(H,62,73)(H,63,75)(H,64,74)(H3,57,60,76)/t44-,45-,46-,47+,50-,51+,52+/m0/s1. The van der Waals surface area contributed by atoms with Crippen LogP contribution in [0.3, 0.4) is 0 Å². The summed E-state index contributed by atoms with van der Waals surface area (Å²) in [5.74, 6) is -3.00. The van der Waals surface area contributed by atoms with Gasteiger partial charge in [-0.2, -0.15) is 0 Å². The van der Waals surface area contributed by atoms with Crippen LogP contribution in [0.5, 0.6) is 0 Å². The SMILES string of the molecule is CN[C@@H](CC(=O)NCCOCCOCCOCCOCCOCCOCCOCCOCCOCCOCCOCCOCCC(=O)NC[C@H](O)[C@@H](O)[C@H](O)[C@H](O)CO)C(=O)N[C@H](C(=O)N[C@@H](CCCNC(N)=O)C(=O)Nc1ccc(CO)cc1)C(C)C. The molecule has 0 fully saturated rings.